The Morgan fingerprint density at radius 1 is 0.969 bits per heavy atom. The molecule has 1 N–H and O–H groups in total. The number of nitrogens with zero attached hydrogens (tertiary/aromatic N) is 4. The fourth-order valence-corrected chi connectivity index (χ4v) is 6.31. The maximum Gasteiger partial charge on any atom is 0.272 e. The predicted octanol–water partition coefficient (Wildman–Crippen LogP) is 4.26. The van der Waals surface area contributed by atoms with E-state index >= 15 is 0 Å². The summed E-state index contributed by atoms with van der Waals surface area (Å²) in [4.78, 5) is 14.5. The topological polar surface area (TPSA) is 95.5 Å². The first kappa shape index (κ1) is 23.2. The van der Waals surface area contributed by atoms with E-state index in [2.05, 4.69) is 20.4 Å². The zero-order valence-corrected chi connectivity index (χ0v) is 20.2. The van der Waals surface area contributed by atoms with Gasteiger partial charge in [0.15, 0.2) is 0 Å². The second-order valence-corrected chi connectivity index (χ2v) is 11.2. The number of carbonyl (C=O) groups is 1. The molecule has 0 atom stereocenters. The Balaban J connectivity index is 1.42. The normalized spacial score (nSPS) is 15.0. The molecular formula is C19H16Cl3N5O3S2. The van der Waals surface area contributed by atoms with Crippen LogP contribution < -0.4 is 10.2 Å². The van der Waals surface area contributed by atoms with Crippen LogP contribution in [0.4, 0.5) is 10.8 Å². The van der Waals surface area contributed by atoms with Crippen molar-refractivity contribution in [1.29, 1.82) is 0 Å². The zero-order chi connectivity index (χ0) is 22.9. The summed E-state index contributed by atoms with van der Waals surface area (Å²) in [6, 6.07) is 11.9. The molecule has 32 heavy (non-hydrogen) atoms. The maximum absolute atomic E-state index is 13.0. The van der Waals surface area contributed by atoms with Gasteiger partial charge in [0.25, 0.3) is 15.9 Å². The number of anilines is 2. The first-order valence-corrected chi connectivity index (χ1v) is 12.7. The van der Waals surface area contributed by atoms with E-state index in [-0.39, 0.29) is 33.1 Å². The molecule has 1 fully saturated rings. The minimum Gasteiger partial charge on any atom is -0.369 e. The van der Waals surface area contributed by atoms with Crippen LogP contribution in [0.2, 0.25) is 15.1 Å². The van der Waals surface area contributed by atoms with Crippen LogP contribution in [-0.2, 0) is 10.0 Å². The van der Waals surface area contributed by atoms with Gasteiger partial charge in [-0.3, -0.25) is 10.1 Å². The highest BCUT2D eigenvalue weighted by molar-refractivity contribution is 7.91. The highest BCUT2D eigenvalue weighted by Crippen LogP contribution is 2.27. The molecule has 0 radical (unpaired) electrons. The number of carbonyl (C=O) groups excluding carboxylic acids is 1. The van der Waals surface area contributed by atoms with Gasteiger partial charge in [0.2, 0.25) is 9.47 Å². The van der Waals surface area contributed by atoms with Crippen LogP contribution in [-0.4, -0.2) is 55.0 Å². The number of sulfonamides is 1. The summed E-state index contributed by atoms with van der Waals surface area (Å²) in [6.45, 7) is 1.60. The van der Waals surface area contributed by atoms with Crippen LogP contribution in [0.25, 0.3) is 0 Å². The van der Waals surface area contributed by atoms with Crippen molar-refractivity contribution in [2.24, 2.45) is 0 Å². The van der Waals surface area contributed by atoms with Crippen molar-refractivity contribution in [3.8, 4) is 0 Å². The summed E-state index contributed by atoms with van der Waals surface area (Å²) in [7, 11) is -3.84. The molecule has 1 aliphatic rings. The van der Waals surface area contributed by atoms with Crippen molar-refractivity contribution < 1.29 is 13.2 Å². The highest BCUT2D eigenvalue weighted by atomic mass is 35.5. The van der Waals surface area contributed by atoms with Gasteiger partial charge in [0.05, 0.1) is 10.6 Å². The molecule has 0 aliphatic carbocycles. The number of benzene rings is 2. The summed E-state index contributed by atoms with van der Waals surface area (Å²) < 4.78 is 27.2. The summed E-state index contributed by atoms with van der Waals surface area (Å²) in [5.74, 6) is -0.540. The molecular weight excluding hydrogens is 517 g/mol. The van der Waals surface area contributed by atoms with Crippen molar-refractivity contribution in [3.05, 3.63) is 63.1 Å². The van der Waals surface area contributed by atoms with Gasteiger partial charge in [-0.15, -0.1) is 10.2 Å². The minimum absolute atomic E-state index is 0.0529. The van der Waals surface area contributed by atoms with Gasteiger partial charge >= 0.3 is 0 Å². The SMILES string of the molecule is O=C(Nc1nnc(S(=O)(=O)N2CCN(c3cccc(Cl)c3)CC2)s1)c1ccc(Cl)cc1Cl. The molecule has 0 saturated carbocycles. The van der Waals surface area contributed by atoms with E-state index in [1.807, 2.05) is 18.2 Å². The molecule has 0 spiro atoms. The number of hydrogen-bond acceptors (Lipinski definition) is 7. The molecule has 1 aromatic heterocycles. The maximum atomic E-state index is 13.0. The second-order valence-electron chi connectivity index (χ2n) is 6.82. The molecule has 2 heterocycles. The molecule has 1 aliphatic heterocycles. The fraction of sp³-hybridized carbons (Fsp3) is 0.211. The van der Waals surface area contributed by atoms with Crippen LogP contribution in [0.15, 0.2) is 46.8 Å². The Hall–Kier alpha value is -1.95. The number of halogens is 3. The number of nitrogens with one attached hydrogen (secondary N) is 1. The van der Waals surface area contributed by atoms with E-state index in [1.165, 1.54) is 22.5 Å². The van der Waals surface area contributed by atoms with Gasteiger partial charge in [-0.1, -0.05) is 52.2 Å². The van der Waals surface area contributed by atoms with Crippen molar-refractivity contribution >= 4 is 72.9 Å². The van der Waals surface area contributed by atoms with Crippen LogP contribution in [0.5, 0.6) is 0 Å². The van der Waals surface area contributed by atoms with Crippen molar-refractivity contribution in [1.82, 2.24) is 14.5 Å². The van der Waals surface area contributed by atoms with E-state index in [9.17, 15) is 13.2 Å². The third-order valence-electron chi connectivity index (χ3n) is 4.78. The van der Waals surface area contributed by atoms with E-state index in [0.717, 1.165) is 17.0 Å². The first-order valence-electron chi connectivity index (χ1n) is 9.34. The van der Waals surface area contributed by atoms with Crippen molar-refractivity contribution in [3.63, 3.8) is 0 Å². The van der Waals surface area contributed by atoms with Crippen LogP contribution in [0, 0.1) is 0 Å². The monoisotopic (exact) mass is 531 g/mol. The largest absolute Gasteiger partial charge is 0.369 e. The second kappa shape index (κ2) is 9.50. The molecule has 4 rings (SSSR count). The Morgan fingerprint density at radius 3 is 2.38 bits per heavy atom. The smallest absolute Gasteiger partial charge is 0.272 e. The van der Waals surface area contributed by atoms with E-state index in [1.54, 1.807) is 6.07 Å². The molecule has 0 bridgehead atoms. The van der Waals surface area contributed by atoms with Crippen LogP contribution in [0.3, 0.4) is 0 Å². The number of rotatable bonds is 5. The van der Waals surface area contributed by atoms with Gasteiger partial charge in [0, 0.05) is 41.9 Å². The van der Waals surface area contributed by atoms with E-state index < -0.39 is 15.9 Å². The predicted molar refractivity (Wildman–Crippen MR) is 127 cm³/mol. The first-order chi connectivity index (χ1) is 15.2. The summed E-state index contributed by atoms with van der Waals surface area (Å²) in [5, 5.41) is 11.3. The van der Waals surface area contributed by atoms with Gasteiger partial charge in [-0.25, -0.2) is 8.42 Å². The Morgan fingerprint density at radius 2 is 1.69 bits per heavy atom. The van der Waals surface area contributed by atoms with Crippen molar-refractivity contribution in [2.45, 2.75) is 4.34 Å². The molecule has 1 saturated heterocycles. The van der Waals surface area contributed by atoms with Crippen LogP contribution >= 0.6 is 46.1 Å². The molecule has 1 amide bonds. The van der Waals surface area contributed by atoms with E-state index in [4.69, 9.17) is 34.8 Å². The van der Waals surface area contributed by atoms with E-state index in [0.29, 0.717) is 23.1 Å². The lowest BCUT2D eigenvalue weighted by molar-refractivity contribution is 0.102. The lowest BCUT2D eigenvalue weighted by atomic mass is 10.2. The average molecular weight is 533 g/mol. The van der Waals surface area contributed by atoms with Gasteiger partial charge < -0.3 is 4.90 Å². The number of piperazine rings is 1. The zero-order valence-electron chi connectivity index (χ0n) is 16.3. The highest BCUT2D eigenvalue weighted by Gasteiger charge is 2.32. The third-order valence-corrected chi connectivity index (χ3v) is 8.64. The number of aromatic nitrogens is 2. The van der Waals surface area contributed by atoms with Gasteiger partial charge in [-0.05, 0) is 36.4 Å². The van der Waals surface area contributed by atoms with Gasteiger partial charge in [-0.2, -0.15) is 4.31 Å². The molecule has 0 unspecified atom stereocenters. The molecule has 168 valence electrons. The Labute approximate surface area is 203 Å². The molecule has 2 aromatic carbocycles. The Kier molecular flexibility index (Phi) is 6.89. The summed E-state index contributed by atoms with van der Waals surface area (Å²) in [5.41, 5.74) is 1.13. The molecule has 3 aromatic rings. The van der Waals surface area contributed by atoms with Crippen molar-refractivity contribution in [2.75, 3.05) is 36.4 Å². The third kappa shape index (κ3) is 5.00. The summed E-state index contributed by atoms with van der Waals surface area (Å²) in [6.07, 6.45) is 0. The number of hydrogen-bond donors (Lipinski definition) is 1. The minimum atomic E-state index is -3.84. The molecule has 13 heteroatoms. The van der Waals surface area contributed by atoms with Crippen LogP contribution in [0.1, 0.15) is 10.4 Å². The molecule has 8 nitrogen and oxygen atoms in total. The lowest BCUT2D eigenvalue weighted by Gasteiger charge is -2.34. The Bertz CT molecular complexity index is 1260. The fourth-order valence-electron chi connectivity index (χ4n) is 3.17. The average Bonchev–Trinajstić information content (AvgIpc) is 3.23. The lowest BCUT2D eigenvalue weighted by Crippen LogP contribution is -2.48. The quantitative estimate of drug-likeness (QED) is 0.493. The number of amides is 1. The standard InChI is InChI=1S/C19H16Cl3N5O3S2/c20-12-2-1-3-14(10-12)26-6-8-27(9-7-26)32(29,30)19-25-24-18(31-19)23-17(28)15-5-4-13(21)11-16(15)22/h1-5,10-11H,6-9H2,(H,23,24,28). The van der Waals surface area contributed by atoms with Gasteiger partial charge in [0.1, 0.15) is 0 Å². The summed E-state index contributed by atoms with van der Waals surface area (Å²) >= 11 is 18.7.